The summed E-state index contributed by atoms with van der Waals surface area (Å²) in [5, 5.41) is 33.5. The molecule has 3 aromatic rings. The fourth-order valence-electron chi connectivity index (χ4n) is 2.38. The van der Waals surface area contributed by atoms with Crippen LogP contribution in [0, 0.1) is 0 Å². The van der Waals surface area contributed by atoms with Gasteiger partial charge in [0, 0.05) is 28.6 Å². The number of hydrogen-bond acceptors (Lipinski definition) is 5. The van der Waals surface area contributed by atoms with Gasteiger partial charge in [-0.2, -0.15) is 0 Å². The Labute approximate surface area is 154 Å². The van der Waals surface area contributed by atoms with E-state index in [0.717, 1.165) is 6.07 Å². The number of carbonyl (C=O) groups excluding carboxylic acids is 2. The van der Waals surface area contributed by atoms with Gasteiger partial charge in [-0.05, 0) is 60.7 Å². The number of benzene rings is 3. The smallest absolute Gasteiger partial charge is 0.255 e. The van der Waals surface area contributed by atoms with Crippen molar-refractivity contribution in [2.75, 3.05) is 10.6 Å². The van der Waals surface area contributed by atoms with Crippen molar-refractivity contribution in [2.45, 2.75) is 0 Å². The third-order valence-corrected chi connectivity index (χ3v) is 3.69. The SMILES string of the molecule is O=C(Nc1ccc(NC(=O)c2cc(O)cc(O)c2)cc1)c1ccc(O)cc1. The first-order valence-corrected chi connectivity index (χ1v) is 7.95. The number of carbonyl (C=O) groups is 2. The van der Waals surface area contributed by atoms with Gasteiger partial charge in [0.05, 0.1) is 0 Å². The summed E-state index contributed by atoms with van der Waals surface area (Å²) in [5.74, 6) is -1.18. The van der Waals surface area contributed by atoms with Gasteiger partial charge in [0.2, 0.25) is 0 Å². The predicted octanol–water partition coefficient (Wildman–Crippen LogP) is 3.31. The fraction of sp³-hybridized carbons (Fsp3) is 0. The van der Waals surface area contributed by atoms with Crippen molar-refractivity contribution >= 4 is 23.2 Å². The molecule has 0 atom stereocenters. The van der Waals surface area contributed by atoms with Crippen LogP contribution in [0.2, 0.25) is 0 Å². The molecule has 27 heavy (non-hydrogen) atoms. The quantitative estimate of drug-likeness (QED) is 0.487. The van der Waals surface area contributed by atoms with Crippen LogP contribution in [0.3, 0.4) is 0 Å². The average molecular weight is 364 g/mol. The van der Waals surface area contributed by atoms with Crippen LogP contribution in [0.4, 0.5) is 11.4 Å². The number of amides is 2. The maximum Gasteiger partial charge on any atom is 0.255 e. The van der Waals surface area contributed by atoms with Crippen LogP contribution in [-0.4, -0.2) is 27.1 Å². The maximum absolute atomic E-state index is 12.2. The molecule has 2 amide bonds. The first-order chi connectivity index (χ1) is 12.9. The summed E-state index contributed by atoms with van der Waals surface area (Å²) < 4.78 is 0. The lowest BCUT2D eigenvalue weighted by Gasteiger charge is -2.09. The summed E-state index contributed by atoms with van der Waals surface area (Å²) in [6, 6.07) is 15.9. The second-order valence-corrected chi connectivity index (χ2v) is 5.77. The third kappa shape index (κ3) is 4.55. The highest BCUT2D eigenvalue weighted by Crippen LogP contribution is 2.22. The molecule has 0 unspecified atom stereocenters. The molecular formula is C20H16N2O5. The fourth-order valence-corrected chi connectivity index (χ4v) is 2.38. The van der Waals surface area contributed by atoms with E-state index in [1.54, 1.807) is 24.3 Å². The van der Waals surface area contributed by atoms with Crippen molar-refractivity contribution in [1.29, 1.82) is 0 Å². The van der Waals surface area contributed by atoms with Gasteiger partial charge in [-0.15, -0.1) is 0 Å². The van der Waals surface area contributed by atoms with Gasteiger partial charge in [0.15, 0.2) is 0 Å². The number of aromatic hydroxyl groups is 3. The van der Waals surface area contributed by atoms with Crippen molar-refractivity contribution in [2.24, 2.45) is 0 Å². The van der Waals surface area contributed by atoms with E-state index in [1.807, 2.05) is 0 Å². The van der Waals surface area contributed by atoms with Crippen molar-refractivity contribution in [3.05, 3.63) is 77.9 Å². The Morgan fingerprint density at radius 3 is 1.48 bits per heavy atom. The molecule has 0 spiro atoms. The second kappa shape index (κ2) is 7.49. The van der Waals surface area contributed by atoms with E-state index in [0.29, 0.717) is 16.9 Å². The summed E-state index contributed by atoms with van der Waals surface area (Å²) in [7, 11) is 0. The molecule has 0 aliphatic heterocycles. The minimum atomic E-state index is -0.498. The van der Waals surface area contributed by atoms with Crippen molar-refractivity contribution in [3.63, 3.8) is 0 Å². The van der Waals surface area contributed by atoms with Gasteiger partial charge >= 0.3 is 0 Å². The van der Waals surface area contributed by atoms with E-state index in [2.05, 4.69) is 10.6 Å². The lowest BCUT2D eigenvalue weighted by atomic mass is 10.1. The normalized spacial score (nSPS) is 10.2. The largest absolute Gasteiger partial charge is 0.508 e. The molecule has 0 radical (unpaired) electrons. The topological polar surface area (TPSA) is 119 Å². The van der Waals surface area contributed by atoms with Gasteiger partial charge in [-0.25, -0.2) is 0 Å². The summed E-state index contributed by atoms with van der Waals surface area (Å²) >= 11 is 0. The van der Waals surface area contributed by atoms with Crippen molar-refractivity contribution < 1.29 is 24.9 Å². The Morgan fingerprint density at radius 1 is 0.556 bits per heavy atom. The Morgan fingerprint density at radius 2 is 1.00 bits per heavy atom. The van der Waals surface area contributed by atoms with Gasteiger partial charge in [0.25, 0.3) is 11.8 Å². The highest BCUT2D eigenvalue weighted by molar-refractivity contribution is 6.06. The lowest BCUT2D eigenvalue weighted by Crippen LogP contribution is -2.13. The van der Waals surface area contributed by atoms with Crippen LogP contribution in [0.1, 0.15) is 20.7 Å². The molecule has 7 heteroatoms. The number of hydrogen-bond donors (Lipinski definition) is 5. The van der Waals surface area contributed by atoms with Crippen LogP contribution >= 0.6 is 0 Å². The molecule has 0 bridgehead atoms. The summed E-state index contributed by atoms with van der Waals surface area (Å²) in [4.78, 5) is 24.3. The molecule has 0 aromatic heterocycles. The van der Waals surface area contributed by atoms with E-state index in [4.69, 9.17) is 0 Å². The first-order valence-electron chi connectivity index (χ1n) is 7.95. The zero-order valence-electron chi connectivity index (χ0n) is 14.0. The van der Waals surface area contributed by atoms with E-state index >= 15 is 0 Å². The summed E-state index contributed by atoms with van der Waals surface area (Å²) in [6.45, 7) is 0. The molecule has 5 N–H and O–H groups in total. The third-order valence-electron chi connectivity index (χ3n) is 3.69. The maximum atomic E-state index is 12.2. The number of phenols is 3. The van der Waals surface area contributed by atoms with E-state index in [1.165, 1.54) is 36.4 Å². The minimum absolute atomic E-state index is 0.0756. The molecule has 136 valence electrons. The first kappa shape index (κ1) is 17.8. The average Bonchev–Trinajstić information content (AvgIpc) is 2.63. The molecule has 3 aromatic carbocycles. The van der Waals surface area contributed by atoms with Crippen LogP contribution in [-0.2, 0) is 0 Å². The highest BCUT2D eigenvalue weighted by atomic mass is 16.3. The van der Waals surface area contributed by atoms with Crippen molar-refractivity contribution in [1.82, 2.24) is 0 Å². The standard InChI is InChI=1S/C20H16N2O5/c23-16-7-1-12(2-8-16)19(26)21-14-3-5-15(6-4-14)22-20(27)13-9-17(24)11-18(25)10-13/h1-11,23-25H,(H,21,26)(H,22,27). The number of rotatable bonds is 4. The summed E-state index contributed by atoms with van der Waals surface area (Å²) in [6.07, 6.45) is 0. The zero-order valence-corrected chi connectivity index (χ0v) is 14.0. The molecular weight excluding hydrogens is 348 g/mol. The predicted molar refractivity (Wildman–Crippen MR) is 100 cm³/mol. The Kier molecular flexibility index (Phi) is 4.94. The Balaban J connectivity index is 1.65. The van der Waals surface area contributed by atoms with E-state index in [-0.39, 0.29) is 28.7 Å². The monoisotopic (exact) mass is 364 g/mol. The van der Waals surface area contributed by atoms with Gasteiger partial charge in [0.1, 0.15) is 17.2 Å². The van der Waals surface area contributed by atoms with Crippen LogP contribution in [0.25, 0.3) is 0 Å². The number of anilines is 2. The number of phenolic OH excluding ortho intramolecular Hbond substituents is 3. The van der Waals surface area contributed by atoms with Crippen molar-refractivity contribution in [3.8, 4) is 17.2 Å². The summed E-state index contributed by atoms with van der Waals surface area (Å²) in [5.41, 5.74) is 1.51. The Hall–Kier alpha value is -4.00. The molecule has 0 heterocycles. The zero-order chi connectivity index (χ0) is 19.4. The van der Waals surface area contributed by atoms with Crippen LogP contribution in [0.15, 0.2) is 66.7 Å². The van der Waals surface area contributed by atoms with E-state index < -0.39 is 5.91 Å². The Bertz CT molecular complexity index is 962. The van der Waals surface area contributed by atoms with Gasteiger partial charge in [-0.1, -0.05) is 0 Å². The minimum Gasteiger partial charge on any atom is -0.508 e. The van der Waals surface area contributed by atoms with Gasteiger partial charge < -0.3 is 26.0 Å². The van der Waals surface area contributed by atoms with Crippen LogP contribution in [0.5, 0.6) is 17.2 Å². The van der Waals surface area contributed by atoms with Gasteiger partial charge in [-0.3, -0.25) is 9.59 Å². The second-order valence-electron chi connectivity index (χ2n) is 5.77. The molecule has 0 aliphatic carbocycles. The van der Waals surface area contributed by atoms with E-state index in [9.17, 15) is 24.9 Å². The molecule has 3 rings (SSSR count). The molecule has 7 nitrogen and oxygen atoms in total. The molecule has 0 saturated heterocycles. The molecule has 0 saturated carbocycles. The highest BCUT2D eigenvalue weighted by Gasteiger charge is 2.10. The lowest BCUT2D eigenvalue weighted by molar-refractivity contribution is 0.101. The molecule has 0 fully saturated rings. The molecule has 0 aliphatic rings. The van der Waals surface area contributed by atoms with Crippen LogP contribution < -0.4 is 10.6 Å². The number of nitrogens with one attached hydrogen (secondary N) is 2.